The van der Waals surface area contributed by atoms with E-state index in [0.29, 0.717) is 17.4 Å². The Labute approximate surface area is 183 Å². The number of piperidine rings is 1. The van der Waals surface area contributed by atoms with Crippen LogP contribution in [-0.4, -0.2) is 42.1 Å². The number of H-pyrrole nitrogens is 1. The molecular weight excluding hydrogens is 388 g/mol. The van der Waals surface area contributed by atoms with Crippen molar-refractivity contribution in [3.05, 3.63) is 65.9 Å². The van der Waals surface area contributed by atoms with Gasteiger partial charge in [-0.1, -0.05) is 24.3 Å². The highest BCUT2D eigenvalue weighted by molar-refractivity contribution is 5.92. The molecule has 2 aromatic carbocycles. The molecule has 1 saturated heterocycles. The van der Waals surface area contributed by atoms with E-state index in [9.17, 15) is 4.79 Å². The van der Waals surface area contributed by atoms with Crippen molar-refractivity contribution in [2.75, 3.05) is 20.2 Å². The van der Waals surface area contributed by atoms with Crippen LogP contribution >= 0.6 is 0 Å². The van der Waals surface area contributed by atoms with Crippen molar-refractivity contribution in [2.45, 2.75) is 38.7 Å². The summed E-state index contributed by atoms with van der Waals surface area (Å²) in [5.41, 5.74) is 3.46. The Balaban J connectivity index is 1.37. The fraction of sp³-hybridized carbons (Fsp3) is 0.346. The number of hydrogen-bond donors (Lipinski definition) is 1. The molecule has 0 unspecified atom stereocenters. The molecule has 1 fully saturated rings. The fourth-order valence-electron chi connectivity index (χ4n) is 4.25. The van der Waals surface area contributed by atoms with Crippen LogP contribution in [0.25, 0.3) is 17.0 Å². The third kappa shape index (κ3) is 4.76. The first-order valence-electron chi connectivity index (χ1n) is 10.9. The topological polar surface area (TPSA) is 54.6 Å². The summed E-state index contributed by atoms with van der Waals surface area (Å²) in [5.74, 6) is 1.92. The smallest absolute Gasteiger partial charge is 0.246 e. The van der Waals surface area contributed by atoms with Crippen molar-refractivity contribution in [1.82, 2.24) is 9.88 Å². The first-order chi connectivity index (χ1) is 15.0. The van der Waals surface area contributed by atoms with Gasteiger partial charge in [0.2, 0.25) is 5.91 Å². The maximum Gasteiger partial charge on any atom is 0.246 e. The summed E-state index contributed by atoms with van der Waals surface area (Å²) >= 11 is 0. The molecule has 1 aliphatic heterocycles. The van der Waals surface area contributed by atoms with Gasteiger partial charge in [-0.2, -0.15) is 0 Å². The largest absolute Gasteiger partial charge is 0.493 e. The van der Waals surface area contributed by atoms with Crippen LogP contribution in [0, 0.1) is 0 Å². The van der Waals surface area contributed by atoms with Crippen molar-refractivity contribution >= 4 is 22.9 Å². The molecule has 0 aliphatic carbocycles. The number of methoxy groups -OCH3 is 1. The highest BCUT2D eigenvalue weighted by Gasteiger charge is 2.24. The third-order valence-electron chi connectivity index (χ3n) is 5.84. The van der Waals surface area contributed by atoms with Gasteiger partial charge in [0.05, 0.1) is 13.2 Å². The molecule has 31 heavy (non-hydrogen) atoms. The number of aromatic amines is 1. The number of ether oxygens (including phenoxy) is 2. The number of aromatic nitrogens is 1. The van der Waals surface area contributed by atoms with Crippen molar-refractivity contribution < 1.29 is 14.3 Å². The van der Waals surface area contributed by atoms with E-state index >= 15 is 0 Å². The average Bonchev–Trinajstić information content (AvgIpc) is 3.22. The Morgan fingerprint density at radius 1 is 1.13 bits per heavy atom. The molecule has 0 atom stereocenters. The van der Waals surface area contributed by atoms with Gasteiger partial charge in [-0.05, 0) is 68.0 Å². The summed E-state index contributed by atoms with van der Waals surface area (Å²) in [7, 11) is 1.62. The molecule has 0 bridgehead atoms. The molecule has 3 aromatic rings. The predicted molar refractivity (Wildman–Crippen MR) is 125 cm³/mol. The first kappa shape index (κ1) is 21.0. The number of fused-ring (bicyclic) bond motifs is 1. The highest BCUT2D eigenvalue weighted by atomic mass is 16.5. The fourth-order valence-corrected chi connectivity index (χ4v) is 4.25. The van der Waals surface area contributed by atoms with Gasteiger partial charge < -0.3 is 19.4 Å². The number of carbonyl (C=O) groups is 1. The summed E-state index contributed by atoms with van der Waals surface area (Å²) in [6, 6.07) is 14.1. The van der Waals surface area contributed by atoms with Gasteiger partial charge in [-0.15, -0.1) is 0 Å². The summed E-state index contributed by atoms with van der Waals surface area (Å²) in [5, 5.41) is 1.30. The monoisotopic (exact) mass is 418 g/mol. The number of hydrogen-bond acceptors (Lipinski definition) is 3. The molecule has 5 heteroatoms. The lowest BCUT2D eigenvalue weighted by atomic mass is 9.89. The van der Waals surface area contributed by atoms with Gasteiger partial charge >= 0.3 is 0 Å². The number of likely N-dealkylation sites (tertiary alicyclic amines) is 1. The SMILES string of the molecule is COc1cc(/C=C/C(=O)N2CCC(c3c[nH]c4ccccc34)CC2)ccc1OC(C)C. The molecule has 1 aliphatic rings. The second-order valence-corrected chi connectivity index (χ2v) is 8.30. The maximum absolute atomic E-state index is 12.7. The van der Waals surface area contributed by atoms with Crippen LogP contribution in [0.3, 0.4) is 0 Å². The van der Waals surface area contributed by atoms with E-state index in [2.05, 4.69) is 35.4 Å². The van der Waals surface area contributed by atoms with E-state index in [0.717, 1.165) is 31.5 Å². The molecule has 1 N–H and O–H groups in total. The van der Waals surface area contributed by atoms with E-state index in [4.69, 9.17) is 9.47 Å². The van der Waals surface area contributed by atoms with Crippen molar-refractivity contribution in [3.63, 3.8) is 0 Å². The van der Waals surface area contributed by atoms with E-state index in [1.54, 1.807) is 13.2 Å². The van der Waals surface area contributed by atoms with Gasteiger partial charge in [0, 0.05) is 36.3 Å². The number of benzene rings is 2. The van der Waals surface area contributed by atoms with E-state index in [-0.39, 0.29) is 12.0 Å². The Bertz CT molecular complexity index is 1080. The zero-order valence-corrected chi connectivity index (χ0v) is 18.4. The van der Waals surface area contributed by atoms with Crippen LogP contribution in [0.5, 0.6) is 11.5 Å². The van der Waals surface area contributed by atoms with Gasteiger partial charge in [-0.25, -0.2) is 0 Å². The second-order valence-electron chi connectivity index (χ2n) is 8.30. The minimum atomic E-state index is 0.0545. The minimum absolute atomic E-state index is 0.0545. The number of carbonyl (C=O) groups excluding carboxylic acids is 1. The number of nitrogens with one attached hydrogen (secondary N) is 1. The van der Waals surface area contributed by atoms with Crippen LogP contribution in [0.1, 0.15) is 43.7 Å². The first-order valence-corrected chi connectivity index (χ1v) is 10.9. The van der Waals surface area contributed by atoms with Crippen LogP contribution in [0.4, 0.5) is 0 Å². The normalized spacial score (nSPS) is 15.2. The van der Waals surface area contributed by atoms with Gasteiger partial charge in [0.25, 0.3) is 0 Å². The molecule has 0 radical (unpaired) electrons. The minimum Gasteiger partial charge on any atom is -0.493 e. The average molecular weight is 419 g/mol. The molecule has 5 nitrogen and oxygen atoms in total. The lowest BCUT2D eigenvalue weighted by Gasteiger charge is -2.31. The Morgan fingerprint density at radius 2 is 1.90 bits per heavy atom. The summed E-state index contributed by atoms with van der Waals surface area (Å²) in [4.78, 5) is 18.0. The molecule has 0 spiro atoms. The predicted octanol–water partition coefficient (Wildman–Crippen LogP) is 5.38. The summed E-state index contributed by atoms with van der Waals surface area (Å²) in [6.45, 7) is 5.51. The van der Waals surface area contributed by atoms with E-state index < -0.39 is 0 Å². The molecule has 0 saturated carbocycles. The summed E-state index contributed by atoms with van der Waals surface area (Å²) < 4.78 is 11.2. The quantitative estimate of drug-likeness (QED) is 0.547. The lowest BCUT2D eigenvalue weighted by molar-refractivity contribution is -0.126. The molecular formula is C26H30N2O3. The van der Waals surface area contributed by atoms with Crippen molar-refractivity contribution in [1.29, 1.82) is 0 Å². The number of rotatable bonds is 6. The molecule has 2 heterocycles. The van der Waals surface area contributed by atoms with Crippen LogP contribution in [0.2, 0.25) is 0 Å². The van der Waals surface area contributed by atoms with Crippen LogP contribution in [-0.2, 0) is 4.79 Å². The molecule has 1 aromatic heterocycles. The zero-order valence-electron chi connectivity index (χ0n) is 18.4. The molecule has 162 valence electrons. The number of para-hydroxylation sites is 1. The van der Waals surface area contributed by atoms with Gasteiger partial charge in [0.1, 0.15) is 0 Å². The van der Waals surface area contributed by atoms with Crippen molar-refractivity contribution in [3.8, 4) is 11.5 Å². The standard InChI is InChI=1S/C26H30N2O3/c1-18(2)31-24-10-8-19(16-25(24)30-3)9-11-26(29)28-14-12-20(13-15-28)22-17-27-23-7-5-4-6-21(22)23/h4-11,16-18,20,27H,12-15H2,1-3H3/b11-9+. The highest BCUT2D eigenvalue weighted by Crippen LogP contribution is 2.33. The van der Waals surface area contributed by atoms with Crippen LogP contribution in [0.15, 0.2) is 54.7 Å². The van der Waals surface area contributed by atoms with Crippen molar-refractivity contribution in [2.24, 2.45) is 0 Å². The number of amides is 1. The third-order valence-corrected chi connectivity index (χ3v) is 5.84. The lowest BCUT2D eigenvalue weighted by Crippen LogP contribution is -2.36. The Hall–Kier alpha value is -3.21. The van der Waals surface area contributed by atoms with E-state index in [1.807, 2.05) is 43.0 Å². The van der Waals surface area contributed by atoms with Crippen LogP contribution < -0.4 is 9.47 Å². The Morgan fingerprint density at radius 3 is 2.65 bits per heavy atom. The molecule has 4 rings (SSSR count). The summed E-state index contributed by atoms with van der Waals surface area (Å²) in [6.07, 6.45) is 7.67. The maximum atomic E-state index is 12.7. The van der Waals surface area contributed by atoms with E-state index in [1.165, 1.54) is 16.5 Å². The van der Waals surface area contributed by atoms with Gasteiger partial charge in [-0.3, -0.25) is 4.79 Å². The zero-order chi connectivity index (χ0) is 21.8. The molecule has 1 amide bonds. The van der Waals surface area contributed by atoms with Gasteiger partial charge in [0.15, 0.2) is 11.5 Å². The number of nitrogens with zero attached hydrogens (tertiary/aromatic N) is 1. The second kappa shape index (κ2) is 9.29. The Kier molecular flexibility index (Phi) is 6.31.